The van der Waals surface area contributed by atoms with Gasteiger partial charge in [0.05, 0.1) is 5.69 Å². The number of aryl methyl sites for hydroxylation is 2. The number of benzene rings is 2. The molecule has 0 bridgehead atoms. The number of hydrogen-bond donors (Lipinski definition) is 2. The number of amides is 3. The summed E-state index contributed by atoms with van der Waals surface area (Å²) < 4.78 is 5.90. The van der Waals surface area contributed by atoms with E-state index in [1.165, 1.54) is 4.90 Å². The molecule has 0 fully saturated rings. The molecular formula is C26H33N3O4. The van der Waals surface area contributed by atoms with Gasteiger partial charge in [0.25, 0.3) is 11.8 Å². The Kier molecular flexibility index (Phi) is 6.54. The lowest BCUT2D eigenvalue weighted by Gasteiger charge is -2.38. The SMILES string of the molecule is CCC(C)(C)NC(=O)c1ccc2c(c1)N(CC(=O)Nc1ccc(C)cc1C)C(=O)C(C)(C)O2. The molecule has 0 atom stereocenters. The van der Waals surface area contributed by atoms with Gasteiger partial charge in [-0.05, 0) is 77.8 Å². The van der Waals surface area contributed by atoms with E-state index in [0.717, 1.165) is 17.5 Å². The van der Waals surface area contributed by atoms with E-state index in [1.54, 1.807) is 32.0 Å². The predicted octanol–water partition coefficient (Wildman–Crippen LogP) is 4.36. The summed E-state index contributed by atoms with van der Waals surface area (Å²) in [5, 5.41) is 5.88. The second kappa shape index (κ2) is 8.89. The third kappa shape index (κ3) is 5.35. The molecule has 33 heavy (non-hydrogen) atoms. The molecule has 3 amide bonds. The van der Waals surface area contributed by atoms with E-state index in [9.17, 15) is 14.4 Å². The molecule has 0 aliphatic carbocycles. The Balaban J connectivity index is 1.90. The quantitative estimate of drug-likeness (QED) is 0.683. The standard InChI is InChI=1S/C26H33N3O4/c1-8-25(4,5)28-23(31)18-10-12-21-20(14-18)29(24(32)26(6,7)33-21)15-22(30)27-19-11-9-16(2)13-17(19)3/h9-14H,8,15H2,1-7H3,(H,27,30)(H,28,31). The van der Waals surface area contributed by atoms with Crippen molar-refractivity contribution >= 4 is 29.1 Å². The number of fused-ring (bicyclic) bond motifs is 1. The highest BCUT2D eigenvalue weighted by atomic mass is 16.5. The summed E-state index contributed by atoms with van der Waals surface area (Å²) >= 11 is 0. The lowest BCUT2D eigenvalue weighted by Crippen LogP contribution is -2.54. The number of nitrogens with zero attached hydrogens (tertiary/aromatic N) is 1. The lowest BCUT2D eigenvalue weighted by molar-refractivity contribution is -0.133. The number of ether oxygens (including phenoxy) is 1. The minimum absolute atomic E-state index is 0.197. The number of rotatable bonds is 6. The summed E-state index contributed by atoms with van der Waals surface area (Å²) in [6.07, 6.45) is 0.768. The lowest BCUT2D eigenvalue weighted by atomic mass is 10.00. The minimum Gasteiger partial charge on any atom is -0.476 e. The average molecular weight is 452 g/mol. The smallest absolute Gasteiger partial charge is 0.271 e. The van der Waals surface area contributed by atoms with Crippen molar-refractivity contribution in [1.29, 1.82) is 0 Å². The number of carbonyl (C=O) groups excluding carboxylic acids is 3. The van der Waals surface area contributed by atoms with Crippen molar-refractivity contribution in [2.45, 2.75) is 66.0 Å². The zero-order valence-electron chi connectivity index (χ0n) is 20.5. The summed E-state index contributed by atoms with van der Waals surface area (Å²) in [7, 11) is 0. The third-order valence-corrected chi connectivity index (χ3v) is 5.93. The van der Waals surface area contributed by atoms with Gasteiger partial charge in [0, 0.05) is 16.8 Å². The number of carbonyl (C=O) groups is 3. The highest BCUT2D eigenvalue weighted by Gasteiger charge is 2.42. The van der Waals surface area contributed by atoms with Crippen LogP contribution in [-0.2, 0) is 9.59 Å². The molecule has 7 nitrogen and oxygen atoms in total. The largest absolute Gasteiger partial charge is 0.476 e. The van der Waals surface area contributed by atoms with Crippen LogP contribution in [0.15, 0.2) is 36.4 Å². The van der Waals surface area contributed by atoms with Gasteiger partial charge in [-0.2, -0.15) is 0 Å². The summed E-state index contributed by atoms with van der Waals surface area (Å²) in [5.74, 6) is -0.481. The van der Waals surface area contributed by atoms with Gasteiger partial charge in [-0.3, -0.25) is 19.3 Å². The molecule has 2 aromatic carbocycles. The molecular weight excluding hydrogens is 418 g/mol. The maximum absolute atomic E-state index is 13.2. The monoisotopic (exact) mass is 451 g/mol. The maximum atomic E-state index is 13.2. The molecule has 1 aliphatic heterocycles. The van der Waals surface area contributed by atoms with Crippen LogP contribution >= 0.6 is 0 Å². The topological polar surface area (TPSA) is 87.7 Å². The Morgan fingerprint density at radius 3 is 2.42 bits per heavy atom. The van der Waals surface area contributed by atoms with Crippen LogP contribution in [-0.4, -0.2) is 35.4 Å². The van der Waals surface area contributed by atoms with Gasteiger partial charge < -0.3 is 15.4 Å². The fourth-order valence-electron chi connectivity index (χ4n) is 3.62. The maximum Gasteiger partial charge on any atom is 0.271 e. The molecule has 0 saturated carbocycles. The van der Waals surface area contributed by atoms with Crippen molar-refractivity contribution < 1.29 is 19.1 Å². The first-order valence-corrected chi connectivity index (χ1v) is 11.2. The van der Waals surface area contributed by atoms with Crippen LogP contribution in [0.2, 0.25) is 0 Å². The average Bonchev–Trinajstić information content (AvgIpc) is 2.72. The highest BCUT2D eigenvalue weighted by molar-refractivity contribution is 6.08. The zero-order valence-corrected chi connectivity index (χ0v) is 20.5. The molecule has 2 N–H and O–H groups in total. The number of hydrogen-bond acceptors (Lipinski definition) is 4. The molecule has 0 unspecified atom stereocenters. The second-order valence-corrected chi connectivity index (χ2v) is 9.74. The first-order chi connectivity index (χ1) is 15.3. The zero-order chi connectivity index (χ0) is 24.6. The van der Waals surface area contributed by atoms with Gasteiger partial charge in [0.15, 0.2) is 5.60 Å². The molecule has 176 valence electrons. The summed E-state index contributed by atoms with van der Waals surface area (Å²) in [4.78, 5) is 40.3. The van der Waals surface area contributed by atoms with E-state index < -0.39 is 5.60 Å². The van der Waals surface area contributed by atoms with Gasteiger partial charge in [-0.1, -0.05) is 24.6 Å². The Labute approximate surface area is 195 Å². The molecule has 0 aromatic heterocycles. The third-order valence-electron chi connectivity index (χ3n) is 5.93. The van der Waals surface area contributed by atoms with Crippen molar-refractivity contribution in [1.82, 2.24) is 5.32 Å². The van der Waals surface area contributed by atoms with Gasteiger partial charge in [0.2, 0.25) is 5.91 Å². The first-order valence-electron chi connectivity index (χ1n) is 11.2. The van der Waals surface area contributed by atoms with E-state index >= 15 is 0 Å². The Hall–Kier alpha value is -3.35. The van der Waals surface area contributed by atoms with Gasteiger partial charge in [-0.25, -0.2) is 0 Å². The van der Waals surface area contributed by atoms with Crippen molar-refractivity contribution in [2.24, 2.45) is 0 Å². The molecule has 0 spiro atoms. The fraction of sp³-hybridized carbons (Fsp3) is 0.423. The minimum atomic E-state index is -1.14. The highest BCUT2D eigenvalue weighted by Crippen LogP contribution is 2.38. The summed E-state index contributed by atoms with van der Waals surface area (Å²) in [6.45, 7) is 12.9. The fourth-order valence-corrected chi connectivity index (χ4v) is 3.62. The van der Waals surface area contributed by atoms with Gasteiger partial charge in [0.1, 0.15) is 12.3 Å². The Bertz CT molecular complexity index is 1100. The first kappa shape index (κ1) is 24.3. The van der Waals surface area contributed by atoms with E-state index in [2.05, 4.69) is 10.6 Å². The van der Waals surface area contributed by atoms with Crippen LogP contribution in [0.25, 0.3) is 0 Å². The van der Waals surface area contributed by atoms with Crippen LogP contribution in [0.3, 0.4) is 0 Å². The van der Waals surface area contributed by atoms with Crippen molar-refractivity contribution in [3.05, 3.63) is 53.1 Å². The molecule has 3 rings (SSSR count). The molecule has 0 radical (unpaired) electrons. The number of anilines is 2. The molecule has 1 heterocycles. The van der Waals surface area contributed by atoms with E-state index in [1.807, 2.05) is 52.8 Å². The summed E-state index contributed by atoms with van der Waals surface area (Å²) in [5.41, 5.74) is 2.02. The normalized spacial score (nSPS) is 14.9. The molecule has 1 aliphatic rings. The summed E-state index contributed by atoms with van der Waals surface area (Å²) in [6, 6.07) is 10.7. The van der Waals surface area contributed by atoms with Crippen LogP contribution in [0.1, 0.15) is 62.5 Å². The molecule has 2 aromatic rings. The van der Waals surface area contributed by atoms with E-state index in [4.69, 9.17) is 4.74 Å². The Morgan fingerprint density at radius 1 is 1.09 bits per heavy atom. The van der Waals surface area contributed by atoms with Crippen molar-refractivity contribution in [3.8, 4) is 5.75 Å². The van der Waals surface area contributed by atoms with Gasteiger partial charge in [-0.15, -0.1) is 0 Å². The number of nitrogens with one attached hydrogen (secondary N) is 2. The van der Waals surface area contributed by atoms with Crippen molar-refractivity contribution in [3.63, 3.8) is 0 Å². The Morgan fingerprint density at radius 2 is 1.79 bits per heavy atom. The second-order valence-electron chi connectivity index (χ2n) is 9.74. The molecule has 0 saturated heterocycles. The van der Waals surface area contributed by atoms with E-state index in [0.29, 0.717) is 22.7 Å². The molecule has 7 heteroatoms. The van der Waals surface area contributed by atoms with Crippen molar-refractivity contribution in [2.75, 3.05) is 16.8 Å². The van der Waals surface area contributed by atoms with Crippen LogP contribution in [0.5, 0.6) is 5.75 Å². The van der Waals surface area contributed by atoms with Crippen LogP contribution in [0, 0.1) is 13.8 Å². The van der Waals surface area contributed by atoms with Gasteiger partial charge >= 0.3 is 0 Å². The van der Waals surface area contributed by atoms with E-state index in [-0.39, 0.29) is 29.8 Å². The van der Waals surface area contributed by atoms with Crippen LogP contribution < -0.4 is 20.3 Å². The predicted molar refractivity (Wildman–Crippen MR) is 130 cm³/mol. The van der Waals surface area contributed by atoms with Crippen LogP contribution in [0.4, 0.5) is 11.4 Å².